The molecule has 212 valence electrons. The molecule has 0 aliphatic rings. The van der Waals surface area contributed by atoms with E-state index in [9.17, 15) is 27.9 Å². The van der Waals surface area contributed by atoms with E-state index >= 15 is 0 Å². The number of hydrogen-bond donors (Lipinski definition) is 1. The monoisotopic (exact) mass is 547 g/mol. The van der Waals surface area contributed by atoms with Crippen LogP contribution in [0.3, 0.4) is 0 Å². The van der Waals surface area contributed by atoms with Gasteiger partial charge in [0.25, 0.3) is 0 Å². The number of carboxylic acids is 1. The second kappa shape index (κ2) is 13.0. The minimum absolute atomic E-state index is 0.0358. The number of alkyl halides is 3. The fraction of sp³-hybridized carbons (Fsp3) is 0.483. The number of carbonyl (C=O) groups is 1. The number of benzene rings is 2. The van der Waals surface area contributed by atoms with Crippen molar-refractivity contribution >= 4 is 5.97 Å². The van der Waals surface area contributed by atoms with Gasteiger partial charge >= 0.3 is 17.8 Å². The van der Waals surface area contributed by atoms with E-state index < -0.39 is 23.3 Å². The van der Waals surface area contributed by atoms with Crippen molar-refractivity contribution in [1.82, 2.24) is 14.3 Å². The summed E-state index contributed by atoms with van der Waals surface area (Å²) >= 11 is 0. The molecular formula is C29H36F3N3O4. The van der Waals surface area contributed by atoms with Crippen molar-refractivity contribution in [3.8, 4) is 5.75 Å². The summed E-state index contributed by atoms with van der Waals surface area (Å²) in [5, 5.41) is 13.7. The summed E-state index contributed by atoms with van der Waals surface area (Å²) in [5.74, 6) is 0.0202. The highest BCUT2D eigenvalue weighted by molar-refractivity contribution is 5.76. The molecule has 0 aliphatic carbocycles. The molecule has 0 aliphatic heterocycles. The Morgan fingerprint density at radius 2 is 1.69 bits per heavy atom. The summed E-state index contributed by atoms with van der Waals surface area (Å²) in [6.45, 7) is 5.55. The molecule has 1 N–H and O–H groups in total. The molecule has 0 atom stereocenters. The van der Waals surface area contributed by atoms with Crippen molar-refractivity contribution in [3.63, 3.8) is 0 Å². The first-order chi connectivity index (χ1) is 18.4. The Bertz CT molecular complexity index is 1290. The van der Waals surface area contributed by atoms with Crippen LogP contribution in [0.5, 0.6) is 5.75 Å². The summed E-state index contributed by atoms with van der Waals surface area (Å²) in [5.41, 5.74) is -1.02. The van der Waals surface area contributed by atoms with Crippen molar-refractivity contribution in [2.75, 3.05) is 0 Å². The summed E-state index contributed by atoms with van der Waals surface area (Å²) in [6.07, 6.45) is 1.41. The molecule has 0 saturated heterocycles. The van der Waals surface area contributed by atoms with Crippen LogP contribution in [0.15, 0.2) is 53.3 Å². The molecular weight excluding hydrogens is 511 g/mol. The lowest BCUT2D eigenvalue weighted by atomic mass is 10.1. The molecule has 0 bridgehead atoms. The predicted octanol–water partition coefficient (Wildman–Crippen LogP) is 6.11. The van der Waals surface area contributed by atoms with Crippen molar-refractivity contribution in [2.24, 2.45) is 0 Å². The molecule has 1 aromatic heterocycles. The molecule has 39 heavy (non-hydrogen) atoms. The normalized spacial score (nSPS) is 12.1. The van der Waals surface area contributed by atoms with E-state index in [1.165, 1.54) is 24.6 Å². The Kier molecular flexibility index (Phi) is 9.99. The number of halogens is 3. The minimum Gasteiger partial charge on any atom is -0.478 e. The van der Waals surface area contributed by atoms with E-state index in [2.05, 4.69) is 12.0 Å². The summed E-state index contributed by atoms with van der Waals surface area (Å²) in [6, 6.07) is 12.2. The number of unbranched alkanes of at least 4 members (excludes halogenated alkanes) is 3. The number of nitrogens with zero attached hydrogens (tertiary/aromatic N) is 3. The summed E-state index contributed by atoms with van der Waals surface area (Å²) in [7, 11) is 0. The molecule has 0 amide bonds. The molecule has 2 aromatic carbocycles. The van der Waals surface area contributed by atoms with Crippen LogP contribution in [0.2, 0.25) is 0 Å². The molecule has 0 radical (unpaired) electrons. The van der Waals surface area contributed by atoms with Crippen molar-refractivity contribution in [1.29, 1.82) is 0 Å². The van der Waals surface area contributed by atoms with E-state index in [4.69, 9.17) is 4.74 Å². The fourth-order valence-corrected chi connectivity index (χ4v) is 4.23. The lowest BCUT2D eigenvalue weighted by Crippen LogP contribution is -2.37. The lowest BCUT2D eigenvalue weighted by Gasteiger charge is -2.21. The number of aryl methyl sites for hydroxylation is 2. The number of ether oxygens (including phenoxy) is 1. The Labute approximate surface area is 226 Å². The smallest absolute Gasteiger partial charge is 0.416 e. The second-order valence-electron chi connectivity index (χ2n) is 10.2. The standard InChI is InChI=1S/C29H36F3N3O4/c1-4-5-6-7-18-34-25(13-9-10-21-14-16-24(17-15-21)39-28(2,3)26(36)37)33-35(27(34)38)20-22-11-8-12-23(19-22)29(30,31)32/h8,11-12,14-17,19H,4-7,9-10,13,18,20H2,1-3H3,(H,36,37). The van der Waals surface area contributed by atoms with Crippen molar-refractivity contribution in [3.05, 3.63) is 81.5 Å². The SMILES string of the molecule is CCCCCCn1c(CCCc2ccc(OC(C)(C)C(=O)O)cc2)nn(Cc2cccc(C(F)(F)F)c2)c1=O. The minimum atomic E-state index is -4.46. The van der Waals surface area contributed by atoms with Crippen molar-refractivity contribution in [2.45, 2.75) is 90.6 Å². The predicted molar refractivity (Wildman–Crippen MR) is 142 cm³/mol. The second-order valence-corrected chi connectivity index (χ2v) is 10.2. The van der Waals surface area contributed by atoms with Gasteiger partial charge in [0.1, 0.15) is 11.6 Å². The largest absolute Gasteiger partial charge is 0.478 e. The third-order valence-electron chi connectivity index (χ3n) is 6.50. The highest BCUT2D eigenvalue weighted by atomic mass is 19.4. The number of aromatic nitrogens is 3. The van der Waals surface area contributed by atoms with Gasteiger partial charge in [0.15, 0.2) is 5.60 Å². The molecule has 0 fully saturated rings. The van der Waals surface area contributed by atoms with E-state index in [1.54, 1.807) is 22.8 Å². The van der Waals surface area contributed by atoms with Crippen LogP contribution in [-0.2, 0) is 36.9 Å². The summed E-state index contributed by atoms with van der Waals surface area (Å²) in [4.78, 5) is 24.4. The van der Waals surface area contributed by atoms with Gasteiger partial charge < -0.3 is 9.84 Å². The van der Waals surface area contributed by atoms with E-state index in [0.29, 0.717) is 42.9 Å². The van der Waals surface area contributed by atoms with Gasteiger partial charge in [-0.3, -0.25) is 4.57 Å². The van der Waals surface area contributed by atoms with Gasteiger partial charge in [-0.1, -0.05) is 50.5 Å². The van der Waals surface area contributed by atoms with Crippen LogP contribution in [0.25, 0.3) is 0 Å². The van der Waals surface area contributed by atoms with Gasteiger partial charge in [-0.2, -0.15) is 18.3 Å². The van der Waals surface area contributed by atoms with Crippen LogP contribution in [0, 0.1) is 0 Å². The van der Waals surface area contributed by atoms with E-state index in [1.807, 2.05) is 12.1 Å². The topological polar surface area (TPSA) is 86.3 Å². The van der Waals surface area contributed by atoms with E-state index in [0.717, 1.165) is 43.4 Å². The first kappa shape index (κ1) is 30.0. The zero-order chi connectivity index (χ0) is 28.6. The highest BCUT2D eigenvalue weighted by Gasteiger charge is 2.31. The average Bonchev–Trinajstić information content (AvgIpc) is 3.16. The maximum atomic E-state index is 13.2. The summed E-state index contributed by atoms with van der Waals surface area (Å²) < 4.78 is 47.9. The number of rotatable bonds is 14. The van der Waals surface area contributed by atoms with Crippen LogP contribution in [-0.4, -0.2) is 31.0 Å². The first-order valence-electron chi connectivity index (χ1n) is 13.2. The third-order valence-corrected chi connectivity index (χ3v) is 6.50. The Balaban J connectivity index is 1.71. The Hall–Kier alpha value is -3.56. The van der Waals surface area contributed by atoms with Gasteiger partial charge in [0.2, 0.25) is 0 Å². The zero-order valence-electron chi connectivity index (χ0n) is 22.6. The van der Waals surface area contributed by atoms with Crippen LogP contribution < -0.4 is 10.4 Å². The van der Waals surface area contributed by atoms with Gasteiger partial charge in [-0.25, -0.2) is 14.3 Å². The first-order valence-corrected chi connectivity index (χ1v) is 13.2. The van der Waals surface area contributed by atoms with Gasteiger partial charge in [0.05, 0.1) is 12.1 Å². The Morgan fingerprint density at radius 1 is 0.974 bits per heavy atom. The van der Waals surface area contributed by atoms with Gasteiger partial charge in [-0.15, -0.1) is 0 Å². The van der Waals surface area contributed by atoms with Gasteiger partial charge in [0, 0.05) is 13.0 Å². The molecule has 0 unspecified atom stereocenters. The molecule has 7 nitrogen and oxygen atoms in total. The number of carboxylic acid groups (broad SMARTS) is 1. The van der Waals surface area contributed by atoms with Gasteiger partial charge in [-0.05, 0) is 68.5 Å². The quantitative estimate of drug-likeness (QED) is 0.246. The average molecular weight is 548 g/mol. The number of aliphatic carboxylic acids is 1. The molecule has 0 saturated carbocycles. The third kappa shape index (κ3) is 8.46. The van der Waals surface area contributed by atoms with E-state index in [-0.39, 0.29) is 12.2 Å². The van der Waals surface area contributed by atoms with Crippen molar-refractivity contribution < 1.29 is 27.8 Å². The van der Waals surface area contributed by atoms with Crippen LogP contribution in [0.1, 0.15) is 75.4 Å². The maximum Gasteiger partial charge on any atom is 0.416 e. The molecule has 0 spiro atoms. The molecule has 10 heteroatoms. The molecule has 3 aromatic rings. The van der Waals surface area contributed by atoms with Crippen LogP contribution in [0.4, 0.5) is 13.2 Å². The molecule has 3 rings (SSSR count). The highest BCUT2D eigenvalue weighted by Crippen LogP contribution is 2.29. The zero-order valence-corrected chi connectivity index (χ0v) is 22.6. The lowest BCUT2D eigenvalue weighted by molar-refractivity contribution is -0.152. The molecule has 1 heterocycles. The fourth-order valence-electron chi connectivity index (χ4n) is 4.23. The number of hydrogen-bond acceptors (Lipinski definition) is 4. The Morgan fingerprint density at radius 3 is 2.33 bits per heavy atom. The van der Waals surface area contributed by atoms with Crippen LogP contribution >= 0.6 is 0 Å². The maximum absolute atomic E-state index is 13.2.